The summed E-state index contributed by atoms with van der Waals surface area (Å²) in [5, 5.41) is 4.59. The van der Waals surface area contributed by atoms with E-state index in [1.165, 1.54) is 23.1 Å². The fraction of sp³-hybridized carbons (Fsp3) is 0.471. The second-order valence-corrected chi connectivity index (χ2v) is 9.02. The number of hydrogen-bond donors (Lipinski definition) is 0. The van der Waals surface area contributed by atoms with Gasteiger partial charge in [-0.05, 0) is 44.6 Å². The lowest BCUT2D eigenvalue weighted by Crippen LogP contribution is -2.48. The third kappa shape index (κ3) is 4.49. The molecular formula is C17H21N3O2S3. The normalized spacial score (nSPS) is 20.7. The summed E-state index contributed by atoms with van der Waals surface area (Å²) in [6.07, 6.45) is 0.167. The number of amides is 1. The van der Waals surface area contributed by atoms with Gasteiger partial charge in [0.2, 0.25) is 5.91 Å². The summed E-state index contributed by atoms with van der Waals surface area (Å²) in [6.45, 7) is 7.33. The molecule has 0 aliphatic carbocycles. The van der Waals surface area contributed by atoms with E-state index in [0.29, 0.717) is 22.8 Å². The molecule has 25 heavy (non-hydrogen) atoms. The van der Waals surface area contributed by atoms with E-state index in [9.17, 15) is 4.79 Å². The highest BCUT2D eigenvalue weighted by molar-refractivity contribution is 8.01. The van der Waals surface area contributed by atoms with Gasteiger partial charge in [-0.2, -0.15) is 0 Å². The van der Waals surface area contributed by atoms with E-state index in [-0.39, 0.29) is 18.1 Å². The van der Waals surface area contributed by atoms with Crippen molar-refractivity contribution in [1.29, 1.82) is 0 Å². The van der Waals surface area contributed by atoms with Crippen molar-refractivity contribution in [3.05, 3.63) is 33.8 Å². The van der Waals surface area contributed by atoms with E-state index in [1.54, 1.807) is 4.68 Å². The molecule has 1 aromatic heterocycles. The Labute approximate surface area is 161 Å². The second kappa shape index (κ2) is 7.99. The first-order chi connectivity index (χ1) is 11.9. The molecule has 0 unspecified atom stereocenters. The Morgan fingerprint density at radius 2 is 2.04 bits per heavy atom. The molecule has 2 heterocycles. The fourth-order valence-electron chi connectivity index (χ4n) is 2.87. The van der Waals surface area contributed by atoms with Crippen LogP contribution in [-0.4, -0.2) is 51.6 Å². The van der Waals surface area contributed by atoms with Crippen molar-refractivity contribution in [2.24, 2.45) is 0 Å². The van der Waals surface area contributed by atoms with Gasteiger partial charge in [0.1, 0.15) is 0 Å². The minimum Gasteiger partial charge on any atom is -0.372 e. The Morgan fingerprint density at radius 1 is 1.36 bits per heavy atom. The lowest BCUT2D eigenvalue weighted by Gasteiger charge is -2.35. The first-order valence-corrected chi connectivity index (χ1v) is 10.4. The van der Waals surface area contributed by atoms with Gasteiger partial charge in [-0.25, -0.2) is 4.68 Å². The monoisotopic (exact) mass is 395 g/mol. The number of para-hydroxylation sites is 1. The van der Waals surface area contributed by atoms with Crippen molar-refractivity contribution >= 4 is 41.2 Å². The van der Waals surface area contributed by atoms with Crippen LogP contribution in [0.1, 0.15) is 19.4 Å². The molecule has 1 aromatic carbocycles. The number of thioether (sulfide) groups is 1. The number of nitrogens with zero attached hydrogens (tertiary/aromatic N) is 3. The highest BCUT2D eigenvalue weighted by Crippen LogP contribution is 2.25. The molecule has 5 nitrogen and oxygen atoms in total. The number of benzene rings is 1. The van der Waals surface area contributed by atoms with Gasteiger partial charge in [0.15, 0.2) is 8.29 Å². The summed E-state index contributed by atoms with van der Waals surface area (Å²) >= 11 is 8.33. The largest absolute Gasteiger partial charge is 0.372 e. The zero-order valence-electron chi connectivity index (χ0n) is 14.5. The lowest BCUT2D eigenvalue weighted by molar-refractivity contribution is -0.140. The molecule has 2 atom stereocenters. The zero-order valence-corrected chi connectivity index (χ0v) is 16.9. The van der Waals surface area contributed by atoms with Crippen LogP contribution in [0.3, 0.4) is 0 Å². The molecule has 8 heteroatoms. The van der Waals surface area contributed by atoms with Crippen molar-refractivity contribution < 1.29 is 9.53 Å². The van der Waals surface area contributed by atoms with Crippen LogP contribution < -0.4 is 0 Å². The van der Waals surface area contributed by atoms with Gasteiger partial charge in [-0.1, -0.05) is 41.3 Å². The number of aromatic nitrogens is 2. The Hall–Kier alpha value is -1.22. The third-order valence-electron chi connectivity index (χ3n) is 3.96. The Kier molecular flexibility index (Phi) is 5.93. The maximum atomic E-state index is 12.5. The first-order valence-electron chi connectivity index (χ1n) is 8.16. The van der Waals surface area contributed by atoms with E-state index in [1.807, 2.05) is 49.9 Å². The number of ether oxygens (including phenoxy) is 1. The molecule has 1 amide bonds. The maximum Gasteiger partial charge on any atom is 0.233 e. The van der Waals surface area contributed by atoms with Gasteiger partial charge in [-0.3, -0.25) is 4.79 Å². The summed E-state index contributed by atoms with van der Waals surface area (Å²) in [5.41, 5.74) is 2.10. The zero-order chi connectivity index (χ0) is 18.0. The minimum atomic E-state index is 0.0834. The van der Waals surface area contributed by atoms with Crippen LogP contribution in [0.15, 0.2) is 28.6 Å². The molecule has 0 radical (unpaired) electrons. The van der Waals surface area contributed by atoms with Crippen LogP contribution in [0, 0.1) is 10.9 Å². The molecule has 0 bridgehead atoms. The number of morpholine rings is 1. The van der Waals surface area contributed by atoms with E-state index < -0.39 is 0 Å². The minimum absolute atomic E-state index is 0.0834. The number of carbonyl (C=O) groups is 1. The van der Waals surface area contributed by atoms with Crippen LogP contribution in [0.5, 0.6) is 0 Å². The molecule has 1 saturated heterocycles. The molecule has 0 N–H and O–H groups in total. The van der Waals surface area contributed by atoms with Crippen molar-refractivity contribution in [1.82, 2.24) is 14.7 Å². The summed E-state index contributed by atoms with van der Waals surface area (Å²) in [6, 6.07) is 8.00. The summed E-state index contributed by atoms with van der Waals surface area (Å²) in [5.74, 6) is 0.491. The Balaban J connectivity index is 1.66. The van der Waals surface area contributed by atoms with Crippen molar-refractivity contribution in [3.8, 4) is 5.69 Å². The topological polar surface area (TPSA) is 47.4 Å². The van der Waals surface area contributed by atoms with E-state index in [0.717, 1.165) is 15.6 Å². The molecule has 134 valence electrons. The molecule has 1 aliphatic rings. The number of hydrogen-bond acceptors (Lipinski definition) is 6. The molecule has 1 fully saturated rings. The SMILES string of the molecule is Cc1ccccc1-n1nc(SCC(=O)N2C[C@@H](C)O[C@@H](C)C2)sc1=S. The van der Waals surface area contributed by atoms with Gasteiger partial charge < -0.3 is 9.64 Å². The van der Waals surface area contributed by atoms with Gasteiger partial charge in [0.25, 0.3) is 0 Å². The van der Waals surface area contributed by atoms with Gasteiger partial charge in [-0.15, -0.1) is 5.10 Å². The lowest BCUT2D eigenvalue weighted by atomic mass is 10.2. The van der Waals surface area contributed by atoms with Crippen LogP contribution in [0.25, 0.3) is 5.69 Å². The van der Waals surface area contributed by atoms with Crippen molar-refractivity contribution in [3.63, 3.8) is 0 Å². The Morgan fingerprint density at radius 3 is 2.72 bits per heavy atom. The van der Waals surface area contributed by atoms with Gasteiger partial charge in [0, 0.05) is 13.1 Å². The van der Waals surface area contributed by atoms with Crippen molar-refractivity contribution in [2.75, 3.05) is 18.8 Å². The highest BCUT2D eigenvalue weighted by Gasteiger charge is 2.26. The smallest absolute Gasteiger partial charge is 0.233 e. The van der Waals surface area contributed by atoms with Crippen LogP contribution in [0.2, 0.25) is 0 Å². The predicted octanol–water partition coefficient (Wildman–Crippen LogP) is 3.70. The van der Waals surface area contributed by atoms with Gasteiger partial charge >= 0.3 is 0 Å². The maximum absolute atomic E-state index is 12.5. The molecule has 3 rings (SSSR count). The Bertz CT molecular complexity index is 807. The second-order valence-electron chi connectivity index (χ2n) is 6.18. The molecule has 0 spiro atoms. The number of aryl methyl sites for hydroxylation is 1. The van der Waals surface area contributed by atoms with Crippen LogP contribution >= 0.6 is 35.3 Å². The summed E-state index contributed by atoms with van der Waals surface area (Å²) in [7, 11) is 0. The van der Waals surface area contributed by atoms with E-state index in [4.69, 9.17) is 17.0 Å². The number of carbonyl (C=O) groups excluding carboxylic acids is 1. The van der Waals surface area contributed by atoms with E-state index >= 15 is 0 Å². The predicted molar refractivity (Wildman–Crippen MR) is 104 cm³/mol. The molecule has 1 aliphatic heterocycles. The number of rotatable bonds is 4. The third-order valence-corrected chi connectivity index (χ3v) is 6.31. The quantitative estimate of drug-likeness (QED) is 0.584. The fourth-order valence-corrected chi connectivity index (χ4v) is 5.12. The molecule has 2 aromatic rings. The molecular weight excluding hydrogens is 374 g/mol. The van der Waals surface area contributed by atoms with Crippen LogP contribution in [-0.2, 0) is 9.53 Å². The van der Waals surface area contributed by atoms with Gasteiger partial charge in [0.05, 0.1) is 23.6 Å². The standard InChI is InChI=1S/C17H21N3O2S3/c1-11-6-4-5-7-14(11)20-17(23)25-16(18-20)24-10-15(21)19-8-12(2)22-13(3)9-19/h4-7,12-13H,8-10H2,1-3H3/t12-,13+. The average molecular weight is 396 g/mol. The van der Waals surface area contributed by atoms with Crippen LogP contribution in [0.4, 0.5) is 0 Å². The average Bonchev–Trinajstić information content (AvgIpc) is 2.93. The highest BCUT2D eigenvalue weighted by atomic mass is 32.2. The first kappa shape index (κ1) is 18.6. The summed E-state index contributed by atoms with van der Waals surface area (Å²) in [4.78, 5) is 14.4. The van der Waals surface area contributed by atoms with Crippen molar-refractivity contribution in [2.45, 2.75) is 37.3 Å². The summed E-state index contributed by atoms with van der Waals surface area (Å²) < 4.78 is 8.97. The molecule has 0 saturated carbocycles. The van der Waals surface area contributed by atoms with E-state index in [2.05, 4.69) is 5.10 Å².